The molecule has 1 aliphatic rings. The zero-order valence-electron chi connectivity index (χ0n) is 15.6. The zero-order chi connectivity index (χ0) is 18.8. The summed E-state index contributed by atoms with van der Waals surface area (Å²) in [6.45, 7) is 0. The molecule has 1 heteroatoms. The molecule has 4 aromatic rings. The van der Waals surface area contributed by atoms with Crippen LogP contribution in [0.25, 0.3) is 17.2 Å². The SMILES string of the molecule is C1=Cc2ccc(N(c3ccccc3)c3ccccc3)cc2-c2ccccc2C1. The molecule has 0 bridgehead atoms. The Morgan fingerprint density at radius 2 is 1.18 bits per heavy atom. The summed E-state index contributed by atoms with van der Waals surface area (Å²) in [6.07, 6.45) is 5.48. The Balaban J connectivity index is 1.71. The Kier molecular flexibility index (Phi) is 4.27. The van der Waals surface area contributed by atoms with E-state index in [-0.39, 0.29) is 0 Å². The van der Waals surface area contributed by atoms with E-state index in [9.17, 15) is 0 Å². The smallest absolute Gasteiger partial charge is 0.0468 e. The van der Waals surface area contributed by atoms with Gasteiger partial charge in [-0.25, -0.2) is 0 Å². The molecule has 1 aliphatic carbocycles. The van der Waals surface area contributed by atoms with Gasteiger partial charge in [0.05, 0.1) is 0 Å². The van der Waals surface area contributed by atoms with Crippen LogP contribution in [0.4, 0.5) is 17.1 Å². The quantitative estimate of drug-likeness (QED) is 0.368. The van der Waals surface area contributed by atoms with Gasteiger partial charge in [0.15, 0.2) is 0 Å². The van der Waals surface area contributed by atoms with Crippen LogP contribution in [0.3, 0.4) is 0 Å². The normalized spacial score (nSPS) is 12.0. The summed E-state index contributed by atoms with van der Waals surface area (Å²) in [5.41, 5.74) is 8.75. The predicted molar refractivity (Wildman–Crippen MR) is 119 cm³/mol. The van der Waals surface area contributed by atoms with E-state index in [1.807, 2.05) is 0 Å². The van der Waals surface area contributed by atoms with Crippen molar-refractivity contribution in [1.82, 2.24) is 0 Å². The van der Waals surface area contributed by atoms with Gasteiger partial charge in [0.2, 0.25) is 0 Å². The van der Waals surface area contributed by atoms with Crippen LogP contribution in [0.15, 0.2) is 109 Å². The lowest BCUT2D eigenvalue weighted by atomic mass is 9.95. The second kappa shape index (κ2) is 7.21. The van der Waals surface area contributed by atoms with Gasteiger partial charge in [-0.3, -0.25) is 0 Å². The number of allylic oxidation sites excluding steroid dienone is 1. The Morgan fingerprint density at radius 1 is 0.536 bits per heavy atom. The molecule has 0 N–H and O–H groups in total. The van der Waals surface area contributed by atoms with E-state index in [1.54, 1.807) is 0 Å². The molecule has 0 heterocycles. The van der Waals surface area contributed by atoms with Gasteiger partial charge < -0.3 is 4.90 Å². The summed E-state index contributed by atoms with van der Waals surface area (Å²) < 4.78 is 0. The van der Waals surface area contributed by atoms with Crippen LogP contribution in [0.2, 0.25) is 0 Å². The molecule has 0 aliphatic heterocycles. The number of nitrogens with zero attached hydrogens (tertiary/aromatic N) is 1. The Hall–Kier alpha value is -3.58. The predicted octanol–water partition coefficient (Wildman–Crippen LogP) is 7.39. The number of fused-ring (bicyclic) bond motifs is 3. The van der Waals surface area contributed by atoms with Crippen molar-refractivity contribution in [1.29, 1.82) is 0 Å². The van der Waals surface area contributed by atoms with Crippen LogP contribution in [-0.4, -0.2) is 0 Å². The van der Waals surface area contributed by atoms with Gasteiger partial charge in [-0.15, -0.1) is 0 Å². The standard InChI is InChI=1S/C27H21N/c1-3-13-23(14-4-1)28(24-15-5-2-6-16-24)25-19-18-22-12-9-11-21-10-7-8-17-26(21)27(22)20-25/h1-10,12-20H,11H2. The summed E-state index contributed by atoms with van der Waals surface area (Å²) in [5, 5.41) is 0. The Labute approximate surface area is 166 Å². The molecule has 0 atom stereocenters. The maximum absolute atomic E-state index is 2.32. The molecule has 0 fully saturated rings. The van der Waals surface area contributed by atoms with Crippen LogP contribution in [0.5, 0.6) is 0 Å². The van der Waals surface area contributed by atoms with E-state index < -0.39 is 0 Å². The molecule has 0 spiro atoms. The number of hydrogen-bond donors (Lipinski definition) is 0. The van der Waals surface area contributed by atoms with Gasteiger partial charge in [0.25, 0.3) is 0 Å². The average molecular weight is 359 g/mol. The minimum absolute atomic E-state index is 0.973. The van der Waals surface area contributed by atoms with E-state index in [1.165, 1.54) is 27.9 Å². The third kappa shape index (κ3) is 3.01. The van der Waals surface area contributed by atoms with Crippen molar-refractivity contribution in [2.24, 2.45) is 0 Å². The molecule has 0 aromatic heterocycles. The first kappa shape index (κ1) is 16.6. The molecule has 5 rings (SSSR count). The molecule has 0 saturated heterocycles. The van der Waals surface area contributed by atoms with Crippen molar-refractivity contribution in [3.8, 4) is 11.1 Å². The number of anilines is 3. The second-order valence-electron chi connectivity index (χ2n) is 7.04. The highest BCUT2D eigenvalue weighted by Crippen LogP contribution is 2.39. The van der Waals surface area contributed by atoms with Crippen molar-refractivity contribution in [2.75, 3.05) is 4.90 Å². The second-order valence-corrected chi connectivity index (χ2v) is 7.04. The fourth-order valence-corrected chi connectivity index (χ4v) is 3.94. The van der Waals surface area contributed by atoms with Crippen LogP contribution in [-0.2, 0) is 6.42 Å². The van der Waals surface area contributed by atoms with Crippen LogP contribution >= 0.6 is 0 Å². The molecule has 0 radical (unpaired) electrons. The van der Waals surface area contributed by atoms with Crippen molar-refractivity contribution in [3.63, 3.8) is 0 Å². The van der Waals surface area contributed by atoms with Gasteiger partial charge in [0.1, 0.15) is 0 Å². The number of hydrogen-bond acceptors (Lipinski definition) is 1. The zero-order valence-corrected chi connectivity index (χ0v) is 15.6. The Morgan fingerprint density at radius 3 is 1.89 bits per heavy atom. The Bertz CT molecular complexity index is 1090. The van der Waals surface area contributed by atoms with E-state index in [2.05, 4.69) is 120 Å². The van der Waals surface area contributed by atoms with Crippen LogP contribution < -0.4 is 4.90 Å². The molecule has 0 amide bonds. The molecular formula is C27H21N. The monoisotopic (exact) mass is 359 g/mol. The first-order chi connectivity index (χ1) is 13.9. The summed E-state index contributed by atoms with van der Waals surface area (Å²) in [7, 11) is 0. The van der Waals surface area contributed by atoms with Gasteiger partial charge in [-0.2, -0.15) is 0 Å². The summed E-state index contributed by atoms with van der Waals surface area (Å²) >= 11 is 0. The lowest BCUT2D eigenvalue weighted by Crippen LogP contribution is -2.10. The van der Waals surface area contributed by atoms with Gasteiger partial charge >= 0.3 is 0 Å². The summed E-state index contributed by atoms with van der Waals surface area (Å²) in [5.74, 6) is 0. The number of para-hydroxylation sites is 2. The highest BCUT2D eigenvalue weighted by molar-refractivity contribution is 5.85. The van der Waals surface area contributed by atoms with Gasteiger partial charge in [-0.05, 0) is 65.1 Å². The first-order valence-corrected chi connectivity index (χ1v) is 9.69. The van der Waals surface area contributed by atoms with Crippen molar-refractivity contribution in [3.05, 3.63) is 120 Å². The fourth-order valence-electron chi connectivity index (χ4n) is 3.94. The van der Waals surface area contributed by atoms with Crippen molar-refractivity contribution >= 4 is 23.1 Å². The topological polar surface area (TPSA) is 3.24 Å². The van der Waals surface area contributed by atoms with Crippen LogP contribution in [0, 0.1) is 0 Å². The minimum atomic E-state index is 0.973. The van der Waals surface area contributed by atoms with Gasteiger partial charge in [-0.1, -0.05) is 78.9 Å². The molecule has 134 valence electrons. The summed E-state index contributed by atoms with van der Waals surface area (Å²) in [6, 6.07) is 36.6. The number of rotatable bonds is 3. The number of benzene rings is 4. The molecule has 28 heavy (non-hydrogen) atoms. The van der Waals surface area contributed by atoms with Gasteiger partial charge in [0, 0.05) is 17.1 Å². The van der Waals surface area contributed by atoms with Crippen molar-refractivity contribution in [2.45, 2.75) is 6.42 Å². The van der Waals surface area contributed by atoms with E-state index in [0.29, 0.717) is 0 Å². The lowest BCUT2D eigenvalue weighted by Gasteiger charge is -2.26. The first-order valence-electron chi connectivity index (χ1n) is 9.69. The average Bonchev–Trinajstić information content (AvgIpc) is 2.95. The summed E-state index contributed by atoms with van der Waals surface area (Å²) in [4.78, 5) is 2.32. The fraction of sp³-hybridized carbons (Fsp3) is 0.0370. The highest BCUT2D eigenvalue weighted by atomic mass is 15.1. The molecule has 0 unspecified atom stereocenters. The maximum Gasteiger partial charge on any atom is 0.0468 e. The molecular weight excluding hydrogens is 338 g/mol. The minimum Gasteiger partial charge on any atom is -0.310 e. The maximum atomic E-state index is 2.32. The highest BCUT2D eigenvalue weighted by Gasteiger charge is 2.16. The van der Waals surface area contributed by atoms with E-state index in [0.717, 1.165) is 17.8 Å². The largest absolute Gasteiger partial charge is 0.310 e. The van der Waals surface area contributed by atoms with E-state index >= 15 is 0 Å². The lowest BCUT2D eigenvalue weighted by molar-refractivity contribution is 1.28. The molecule has 1 nitrogen and oxygen atoms in total. The third-order valence-corrected chi connectivity index (χ3v) is 5.27. The molecule has 0 saturated carbocycles. The third-order valence-electron chi connectivity index (χ3n) is 5.27. The molecule has 4 aromatic carbocycles. The van der Waals surface area contributed by atoms with Crippen LogP contribution in [0.1, 0.15) is 11.1 Å². The van der Waals surface area contributed by atoms with Crippen molar-refractivity contribution < 1.29 is 0 Å². The van der Waals surface area contributed by atoms with E-state index in [4.69, 9.17) is 0 Å².